The third-order valence-corrected chi connectivity index (χ3v) is 4.70. The number of cyclic esters (lactones) is 2. The molecule has 0 aliphatic carbocycles. The van der Waals surface area contributed by atoms with Crippen LogP contribution in [0.15, 0.2) is 42.5 Å². The van der Waals surface area contributed by atoms with Crippen molar-refractivity contribution >= 4 is 28.7 Å². The first kappa shape index (κ1) is 17.9. The van der Waals surface area contributed by atoms with Crippen LogP contribution in [0.4, 0.5) is 0 Å². The Labute approximate surface area is 151 Å². The van der Waals surface area contributed by atoms with Crippen LogP contribution in [0, 0.1) is 5.92 Å². The first-order chi connectivity index (χ1) is 12.2. The van der Waals surface area contributed by atoms with Crippen molar-refractivity contribution in [3.8, 4) is 0 Å². The van der Waals surface area contributed by atoms with Gasteiger partial charge in [-0.2, -0.15) is 0 Å². The van der Waals surface area contributed by atoms with Crippen LogP contribution in [0.2, 0.25) is 0 Å². The van der Waals surface area contributed by atoms with Crippen LogP contribution in [0.25, 0.3) is 10.8 Å². The largest absolute Gasteiger partial charge is 0.468 e. The molecule has 0 unspecified atom stereocenters. The van der Waals surface area contributed by atoms with E-state index in [-0.39, 0.29) is 0 Å². The fraction of sp³-hybridized carbons (Fsp3) is 0.350. The molecule has 1 aliphatic rings. The summed E-state index contributed by atoms with van der Waals surface area (Å²) < 4.78 is 15.4. The Hall–Kier alpha value is -2.89. The van der Waals surface area contributed by atoms with Crippen LogP contribution in [0.3, 0.4) is 0 Å². The quantitative estimate of drug-likeness (QED) is 0.621. The van der Waals surface area contributed by atoms with Crippen molar-refractivity contribution in [1.29, 1.82) is 0 Å². The normalized spacial score (nSPS) is 19.4. The van der Waals surface area contributed by atoms with E-state index in [1.165, 1.54) is 27.9 Å². The predicted octanol–water partition coefficient (Wildman–Crippen LogP) is 2.72. The monoisotopic (exact) mass is 356 g/mol. The van der Waals surface area contributed by atoms with Crippen LogP contribution >= 0.6 is 0 Å². The van der Waals surface area contributed by atoms with Gasteiger partial charge in [0.05, 0.1) is 7.11 Å². The average Bonchev–Trinajstić information content (AvgIpc) is 2.58. The van der Waals surface area contributed by atoms with Crippen molar-refractivity contribution in [3.05, 3.63) is 48.0 Å². The maximum atomic E-state index is 12.7. The third kappa shape index (κ3) is 2.81. The summed E-state index contributed by atoms with van der Waals surface area (Å²) in [5, 5.41) is 1.84. The summed E-state index contributed by atoms with van der Waals surface area (Å²) in [5.74, 6) is -5.17. The molecule has 26 heavy (non-hydrogen) atoms. The zero-order valence-corrected chi connectivity index (χ0v) is 15.1. The lowest BCUT2D eigenvalue weighted by Crippen LogP contribution is -2.56. The van der Waals surface area contributed by atoms with Gasteiger partial charge < -0.3 is 14.2 Å². The zero-order chi connectivity index (χ0) is 19.1. The lowest BCUT2D eigenvalue weighted by Gasteiger charge is -2.39. The molecule has 0 N–H and O–H groups in total. The summed E-state index contributed by atoms with van der Waals surface area (Å²) >= 11 is 0. The number of methoxy groups -OCH3 is 1. The number of ether oxygens (including phenoxy) is 3. The van der Waals surface area contributed by atoms with E-state index in [1.807, 2.05) is 30.3 Å². The molecule has 1 fully saturated rings. The first-order valence-electron chi connectivity index (χ1n) is 8.22. The Balaban J connectivity index is 2.16. The number of hydrogen-bond donors (Lipinski definition) is 0. The van der Waals surface area contributed by atoms with Crippen LogP contribution in [0.5, 0.6) is 0 Å². The number of rotatable bonds is 3. The highest BCUT2D eigenvalue weighted by Crippen LogP contribution is 2.40. The molecule has 0 amide bonds. The van der Waals surface area contributed by atoms with Crippen LogP contribution in [-0.2, 0) is 34.0 Å². The van der Waals surface area contributed by atoms with Crippen LogP contribution < -0.4 is 0 Å². The summed E-state index contributed by atoms with van der Waals surface area (Å²) in [6, 6.07) is 12.9. The number of carbonyl (C=O) groups is 3. The Bertz CT molecular complexity index is 880. The van der Waals surface area contributed by atoms with Crippen LogP contribution in [-0.4, -0.2) is 30.8 Å². The highest BCUT2D eigenvalue weighted by molar-refractivity contribution is 6.05. The van der Waals surface area contributed by atoms with Gasteiger partial charge in [0.25, 0.3) is 5.79 Å². The summed E-state index contributed by atoms with van der Waals surface area (Å²) in [4.78, 5) is 37.9. The highest BCUT2D eigenvalue weighted by Gasteiger charge is 2.57. The number of fused-ring (bicyclic) bond motifs is 1. The van der Waals surface area contributed by atoms with Gasteiger partial charge in [0.15, 0.2) is 5.92 Å². The lowest BCUT2D eigenvalue weighted by atomic mass is 9.70. The predicted molar refractivity (Wildman–Crippen MR) is 93.1 cm³/mol. The molecule has 0 radical (unpaired) electrons. The first-order valence-corrected chi connectivity index (χ1v) is 8.22. The second-order valence-corrected chi connectivity index (χ2v) is 6.93. The van der Waals surface area contributed by atoms with Crippen molar-refractivity contribution in [1.82, 2.24) is 0 Å². The number of hydrogen-bond acceptors (Lipinski definition) is 6. The van der Waals surface area contributed by atoms with E-state index >= 15 is 0 Å². The summed E-state index contributed by atoms with van der Waals surface area (Å²) in [6.45, 7) is 4.42. The Kier molecular flexibility index (Phi) is 4.22. The van der Waals surface area contributed by atoms with E-state index in [4.69, 9.17) is 14.2 Å². The van der Waals surface area contributed by atoms with Gasteiger partial charge in [0.1, 0.15) is 5.41 Å². The van der Waals surface area contributed by atoms with E-state index in [9.17, 15) is 14.4 Å². The van der Waals surface area contributed by atoms with Gasteiger partial charge >= 0.3 is 17.9 Å². The third-order valence-electron chi connectivity index (χ3n) is 4.70. The SMILES string of the molecule is COC(=O)[C@](C)(c1ccc2ccccc2c1)C1C(=O)OC(C)(C)OC1=O. The number of carbonyl (C=O) groups excluding carboxylic acids is 3. The minimum absolute atomic E-state index is 0.474. The fourth-order valence-electron chi connectivity index (χ4n) is 3.32. The zero-order valence-electron chi connectivity index (χ0n) is 15.1. The molecule has 0 spiro atoms. The molecule has 3 rings (SSSR count). The Morgan fingerprint density at radius 1 is 1.04 bits per heavy atom. The van der Waals surface area contributed by atoms with E-state index in [1.54, 1.807) is 12.1 Å². The van der Waals surface area contributed by atoms with Crippen LogP contribution in [0.1, 0.15) is 26.3 Å². The smallest absolute Gasteiger partial charge is 0.325 e. The van der Waals surface area contributed by atoms with Gasteiger partial charge in [0, 0.05) is 13.8 Å². The van der Waals surface area contributed by atoms with E-state index in [0.717, 1.165) is 10.8 Å². The Morgan fingerprint density at radius 3 is 2.19 bits per heavy atom. The van der Waals surface area contributed by atoms with Crippen molar-refractivity contribution < 1.29 is 28.6 Å². The molecule has 0 bridgehead atoms. The maximum Gasteiger partial charge on any atom is 0.325 e. The molecule has 136 valence electrons. The van der Waals surface area contributed by atoms with Gasteiger partial charge in [-0.3, -0.25) is 14.4 Å². The standard InChI is InChI=1S/C20H20O6/c1-19(2)25-16(21)15(17(22)26-19)20(3,18(23)24-4)14-10-9-12-7-5-6-8-13(12)11-14/h5-11,15H,1-4H3/t20-/m1/s1. The van der Waals surface area contributed by atoms with Gasteiger partial charge in [-0.15, -0.1) is 0 Å². The minimum atomic E-state index is -1.58. The molecule has 2 aromatic rings. The highest BCUT2D eigenvalue weighted by atomic mass is 16.7. The Morgan fingerprint density at radius 2 is 1.62 bits per heavy atom. The van der Waals surface area contributed by atoms with Gasteiger partial charge in [-0.1, -0.05) is 36.4 Å². The van der Waals surface area contributed by atoms with Gasteiger partial charge in [-0.05, 0) is 29.3 Å². The number of benzene rings is 2. The maximum absolute atomic E-state index is 12.7. The number of esters is 3. The molecule has 0 aromatic heterocycles. The van der Waals surface area contributed by atoms with Crippen molar-refractivity contribution in [2.45, 2.75) is 32.0 Å². The van der Waals surface area contributed by atoms with Crippen molar-refractivity contribution in [2.75, 3.05) is 7.11 Å². The average molecular weight is 356 g/mol. The molecule has 1 heterocycles. The molecular formula is C20H20O6. The lowest BCUT2D eigenvalue weighted by molar-refractivity contribution is -0.244. The van der Waals surface area contributed by atoms with E-state index in [0.29, 0.717) is 5.56 Å². The molecular weight excluding hydrogens is 336 g/mol. The summed E-state index contributed by atoms with van der Waals surface area (Å²) in [6.07, 6.45) is 0. The molecule has 1 aliphatic heterocycles. The fourth-order valence-corrected chi connectivity index (χ4v) is 3.32. The molecule has 6 heteroatoms. The van der Waals surface area contributed by atoms with E-state index in [2.05, 4.69) is 0 Å². The summed E-state index contributed by atoms with van der Waals surface area (Å²) in [5.41, 5.74) is -1.11. The van der Waals surface area contributed by atoms with E-state index < -0.39 is 35.0 Å². The van der Waals surface area contributed by atoms with Crippen molar-refractivity contribution in [3.63, 3.8) is 0 Å². The summed E-state index contributed by atoms with van der Waals surface area (Å²) in [7, 11) is 1.21. The molecule has 2 aromatic carbocycles. The second-order valence-electron chi connectivity index (χ2n) is 6.93. The molecule has 1 saturated heterocycles. The topological polar surface area (TPSA) is 78.9 Å². The molecule has 1 atom stereocenters. The second kappa shape index (κ2) is 6.12. The van der Waals surface area contributed by atoms with Gasteiger partial charge in [0.2, 0.25) is 0 Å². The minimum Gasteiger partial charge on any atom is -0.468 e. The molecule has 0 saturated carbocycles. The van der Waals surface area contributed by atoms with Gasteiger partial charge in [-0.25, -0.2) is 0 Å². The molecule has 6 nitrogen and oxygen atoms in total. The van der Waals surface area contributed by atoms with Crippen molar-refractivity contribution in [2.24, 2.45) is 5.92 Å².